The Bertz CT molecular complexity index is 197. The van der Waals surface area contributed by atoms with Crippen LogP contribution in [0, 0.1) is 0 Å². The Morgan fingerprint density at radius 1 is 1.89 bits per heavy atom. The van der Waals surface area contributed by atoms with Crippen LogP contribution in [0.4, 0.5) is 0 Å². The fourth-order valence-corrected chi connectivity index (χ4v) is 0.860. The molecule has 0 saturated carbocycles. The third-order valence-electron chi connectivity index (χ3n) is 1.02. The number of H-pyrrole nitrogens is 1. The van der Waals surface area contributed by atoms with Gasteiger partial charge in [0.15, 0.2) is 0 Å². The normalized spacial score (nSPS) is 13.7. The Kier molecular flexibility index (Phi) is 1.87. The molecule has 50 valence electrons. The lowest BCUT2D eigenvalue weighted by Crippen LogP contribution is -1.89. The Hall–Kier alpha value is -0.350. The molecule has 0 radical (unpaired) electrons. The summed E-state index contributed by atoms with van der Waals surface area (Å²) in [5.74, 6) is 0. The molecule has 0 spiro atoms. The van der Waals surface area contributed by atoms with Crippen molar-refractivity contribution in [3.05, 3.63) is 16.4 Å². The second kappa shape index (κ2) is 2.49. The molecule has 0 saturated heterocycles. The second-order valence-electron chi connectivity index (χ2n) is 1.82. The van der Waals surface area contributed by atoms with Crippen molar-refractivity contribution in [2.24, 2.45) is 0 Å². The molecule has 0 bridgehead atoms. The maximum atomic E-state index is 8.94. The molecule has 0 fully saturated rings. The number of nitrogens with one attached hydrogen (secondary N) is 1. The van der Waals surface area contributed by atoms with Crippen LogP contribution < -0.4 is 0 Å². The highest BCUT2D eigenvalue weighted by molar-refractivity contribution is 9.10. The molecule has 1 aromatic rings. The van der Waals surface area contributed by atoms with E-state index in [4.69, 9.17) is 5.11 Å². The zero-order chi connectivity index (χ0) is 6.85. The number of halogens is 1. The zero-order valence-corrected chi connectivity index (χ0v) is 6.51. The van der Waals surface area contributed by atoms with E-state index in [1.54, 1.807) is 13.0 Å². The van der Waals surface area contributed by atoms with Gasteiger partial charge in [0.05, 0.1) is 11.8 Å². The summed E-state index contributed by atoms with van der Waals surface area (Å²) < 4.78 is 0.721. The topological polar surface area (TPSA) is 48.9 Å². The number of rotatable bonds is 1. The molecule has 2 N–H and O–H groups in total. The highest BCUT2D eigenvalue weighted by Crippen LogP contribution is 2.12. The molecule has 1 rings (SSSR count). The van der Waals surface area contributed by atoms with E-state index in [1.807, 2.05) is 0 Å². The summed E-state index contributed by atoms with van der Waals surface area (Å²) in [6.45, 7) is 1.68. The lowest BCUT2D eigenvalue weighted by molar-refractivity contribution is 0.194. The van der Waals surface area contributed by atoms with E-state index in [9.17, 15) is 0 Å². The summed E-state index contributed by atoms with van der Waals surface area (Å²) in [6, 6.07) is 1.74. The van der Waals surface area contributed by atoms with Gasteiger partial charge in [-0.3, -0.25) is 5.10 Å². The van der Waals surface area contributed by atoms with Gasteiger partial charge in [0.1, 0.15) is 4.60 Å². The third-order valence-corrected chi connectivity index (χ3v) is 1.42. The first kappa shape index (κ1) is 6.77. The molecule has 1 unspecified atom stereocenters. The summed E-state index contributed by atoms with van der Waals surface area (Å²) in [7, 11) is 0. The molecule has 1 heterocycles. The van der Waals surface area contributed by atoms with E-state index in [-0.39, 0.29) is 0 Å². The van der Waals surface area contributed by atoms with Crippen LogP contribution in [0.25, 0.3) is 0 Å². The summed E-state index contributed by atoms with van der Waals surface area (Å²) >= 11 is 3.15. The Labute approximate surface area is 61.2 Å². The van der Waals surface area contributed by atoms with Gasteiger partial charge < -0.3 is 5.11 Å². The fraction of sp³-hybridized carbons (Fsp3) is 0.400. The van der Waals surface area contributed by atoms with Gasteiger partial charge >= 0.3 is 0 Å². The lowest BCUT2D eigenvalue weighted by atomic mass is 10.3. The van der Waals surface area contributed by atoms with E-state index >= 15 is 0 Å². The predicted octanol–water partition coefficient (Wildman–Crippen LogP) is 1.23. The minimum atomic E-state index is -0.469. The largest absolute Gasteiger partial charge is 0.387 e. The molecule has 0 aliphatic carbocycles. The molecule has 0 amide bonds. The SMILES string of the molecule is CC(O)c1cc(Br)n[nH]1. The van der Waals surface area contributed by atoms with Crippen LogP contribution in [0.15, 0.2) is 10.7 Å². The third kappa shape index (κ3) is 1.53. The first-order chi connectivity index (χ1) is 4.20. The van der Waals surface area contributed by atoms with Crippen LogP contribution in [0.5, 0.6) is 0 Å². The van der Waals surface area contributed by atoms with Crippen molar-refractivity contribution in [2.45, 2.75) is 13.0 Å². The first-order valence-corrected chi connectivity index (χ1v) is 3.38. The van der Waals surface area contributed by atoms with Gasteiger partial charge in [0, 0.05) is 0 Å². The molecule has 1 atom stereocenters. The molecule has 3 nitrogen and oxygen atoms in total. The van der Waals surface area contributed by atoms with Crippen LogP contribution in [0.3, 0.4) is 0 Å². The number of aromatic nitrogens is 2. The van der Waals surface area contributed by atoms with E-state index in [1.165, 1.54) is 0 Å². The Morgan fingerprint density at radius 3 is 2.78 bits per heavy atom. The molecular formula is C5H7BrN2O. The predicted molar refractivity (Wildman–Crippen MR) is 36.9 cm³/mol. The van der Waals surface area contributed by atoms with Gasteiger partial charge in [-0.05, 0) is 28.9 Å². The number of nitrogens with zero attached hydrogens (tertiary/aromatic N) is 1. The van der Waals surface area contributed by atoms with E-state index in [0.29, 0.717) is 0 Å². The second-order valence-corrected chi connectivity index (χ2v) is 2.63. The summed E-state index contributed by atoms with van der Waals surface area (Å²) in [5.41, 5.74) is 0.724. The summed E-state index contributed by atoms with van der Waals surface area (Å²) in [4.78, 5) is 0. The molecular weight excluding hydrogens is 184 g/mol. The molecule has 4 heteroatoms. The number of aliphatic hydroxyl groups is 1. The van der Waals surface area contributed by atoms with Gasteiger partial charge in [-0.1, -0.05) is 0 Å². The highest BCUT2D eigenvalue weighted by Gasteiger charge is 2.02. The minimum absolute atomic E-state index is 0.469. The molecule has 0 aliphatic rings. The molecule has 0 aliphatic heterocycles. The highest BCUT2D eigenvalue weighted by atomic mass is 79.9. The lowest BCUT2D eigenvalue weighted by Gasteiger charge is -1.95. The zero-order valence-electron chi connectivity index (χ0n) is 4.93. The van der Waals surface area contributed by atoms with Crippen LogP contribution in [-0.2, 0) is 0 Å². The van der Waals surface area contributed by atoms with Gasteiger partial charge in [-0.25, -0.2) is 0 Å². The monoisotopic (exact) mass is 190 g/mol. The maximum Gasteiger partial charge on any atom is 0.128 e. The van der Waals surface area contributed by atoms with Crippen LogP contribution in [-0.4, -0.2) is 15.3 Å². The maximum absolute atomic E-state index is 8.94. The minimum Gasteiger partial charge on any atom is -0.387 e. The van der Waals surface area contributed by atoms with E-state index < -0.39 is 6.10 Å². The molecule has 0 aromatic carbocycles. The van der Waals surface area contributed by atoms with Crippen LogP contribution in [0.2, 0.25) is 0 Å². The number of aromatic amines is 1. The standard InChI is InChI=1S/C5H7BrN2O/c1-3(9)4-2-5(6)8-7-4/h2-3,9H,1H3,(H,7,8). The van der Waals surface area contributed by atoms with Crippen LogP contribution in [0.1, 0.15) is 18.7 Å². The van der Waals surface area contributed by atoms with Crippen molar-refractivity contribution in [1.29, 1.82) is 0 Å². The van der Waals surface area contributed by atoms with Crippen molar-refractivity contribution in [3.63, 3.8) is 0 Å². The quantitative estimate of drug-likeness (QED) is 0.701. The smallest absolute Gasteiger partial charge is 0.128 e. The Morgan fingerprint density at radius 2 is 2.56 bits per heavy atom. The number of hydrogen-bond acceptors (Lipinski definition) is 2. The van der Waals surface area contributed by atoms with Crippen molar-refractivity contribution in [2.75, 3.05) is 0 Å². The van der Waals surface area contributed by atoms with Gasteiger partial charge in [0.2, 0.25) is 0 Å². The van der Waals surface area contributed by atoms with Crippen LogP contribution >= 0.6 is 15.9 Å². The van der Waals surface area contributed by atoms with Gasteiger partial charge in [-0.2, -0.15) is 5.10 Å². The van der Waals surface area contributed by atoms with Gasteiger partial charge in [0.25, 0.3) is 0 Å². The number of aliphatic hydroxyl groups excluding tert-OH is 1. The van der Waals surface area contributed by atoms with Crippen molar-refractivity contribution in [3.8, 4) is 0 Å². The Balaban J connectivity index is 2.85. The van der Waals surface area contributed by atoms with Crippen molar-refractivity contribution < 1.29 is 5.11 Å². The van der Waals surface area contributed by atoms with Crippen molar-refractivity contribution in [1.82, 2.24) is 10.2 Å². The average Bonchev–Trinajstić information content (AvgIpc) is 2.14. The average molecular weight is 191 g/mol. The van der Waals surface area contributed by atoms with E-state index in [0.717, 1.165) is 10.3 Å². The fourth-order valence-electron chi connectivity index (χ4n) is 0.525. The molecule has 1 aromatic heterocycles. The van der Waals surface area contributed by atoms with Crippen molar-refractivity contribution >= 4 is 15.9 Å². The number of hydrogen-bond donors (Lipinski definition) is 2. The summed E-state index contributed by atoms with van der Waals surface area (Å²) in [5, 5.41) is 15.4. The van der Waals surface area contributed by atoms with Gasteiger partial charge in [-0.15, -0.1) is 0 Å². The van der Waals surface area contributed by atoms with E-state index in [2.05, 4.69) is 26.1 Å². The first-order valence-electron chi connectivity index (χ1n) is 2.59. The molecule has 9 heavy (non-hydrogen) atoms. The summed E-state index contributed by atoms with van der Waals surface area (Å²) in [6.07, 6.45) is -0.469.